The first kappa shape index (κ1) is 12.8. The van der Waals surface area contributed by atoms with Crippen molar-refractivity contribution in [1.82, 2.24) is 20.2 Å². The van der Waals surface area contributed by atoms with Crippen LogP contribution in [0.1, 0.15) is 4.88 Å². The normalized spacial score (nSPS) is 10.7. The Kier molecular flexibility index (Phi) is 3.93. The lowest BCUT2D eigenvalue weighted by molar-refractivity contribution is -0.380. The van der Waals surface area contributed by atoms with Crippen molar-refractivity contribution >= 4 is 28.5 Å². The van der Waals surface area contributed by atoms with Gasteiger partial charge in [-0.3, -0.25) is 14.9 Å². The first-order chi connectivity index (χ1) is 9.15. The van der Waals surface area contributed by atoms with Crippen molar-refractivity contribution in [2.75, 3.05) is 0 Å². The number of aromatic nitrogens is 3. The molecule has 2 heterocycles. The Balaban J connectivity index is 1.85. The Morgan fingerprint density at radius 2 is 2.47 bits per heavy atom. The van der Waals surface area contributed by atoms with Crippen LogP contribution in [0.15, 0.2) is 29.9 Å². The smallest absolute Gasteiger partial charge is 0.271 e. The van der Waals surface area contributed by atoms with Crippen LogP contribution in [0.25, 0.3) is 0 Å². The predicted octanol–water partition coefficient (Wildman–Crippen LogP) is 0.398. The van der Waals surface area contributed by atoms with Crippen molar-refractivity contribution in [3.05, 3.63) is 39.8 Å². The molecule has 10 heteroatoms. The zero-order valence-electron chi connectivity index (χ0n) is 9.46. The van der Waals surface area contributed by atoms with Gasteiger partial charge >= 0.3 is 5.00 Å². The third kappa shape index (κ3) is 3.67. The topological polar surface area (TPSA) is 115 Å². The molecule has 0 fully saturated rings. The minimum Gasteiger partial charge on any atom is -0.271 e. The largest absolute Gasteiger partial charge is 0.324 e. The Morgan fingerprint density at radius 3 is 3.11 bits per heavy atom. The highest BCUT2D eigenvalue weighted by Crippen LogP contribution is 2.22. The Hall–Kier alpha value is -2.62. The zero-order valence-corrected chi connectivity index (χ0v) is 10.3. The molecular weight excluding hydrogens is 272 g/mol. The molecule has 2 aromatic heterocycles. The lowest BCUT2D eigenvalue weighted by Crippen LogP contribution is -2.23. The molecule has 0 aliphatic heterocycles. The number of hydrazone groups is 1. The van der Waals surface area contributed by atoms with Gasteiger partial charge in [0, 0.05) is 6.07 Å². The second-order valence-electron chi connectivity index (χ2n) is 3.32. The summed E-state index contributed by atoms with van der Waals surface area (Å²) in [7, 11) is 0. The third-order valence-corrected chi connectivity index (χ3v) is 2.92. The molecule has 1 N–H and O–H groups in total. The fourth-order valence-corrected chi connectivity index (χ4v) is 1.87. The summed E-state index contributed by atoms with van der Waals surface area (Å²) in [5.41, 5.74) is 2.29. The quantitative estimate of drug-likeness (QED) is 0.483. The highest BCUT2D eigenvalue weighted by molar-refractivity contribution is 7.16. The molecule has 1 amide bonds. The molecule has 0 aromatic carbocycles. The molecule has 0 unspecified atom stereocenters. The van der Waals surface area contributed by atoms with Gasteiger partial charge in [0.2, 0.25) is 0 Å². The summed E-state index contributed by atoms with van der Waals surface area (Å²) in [6.07, 6.45) is 4.07. The van der Waals surface area contributed by atoms with Gasteiger partial charge in [0.05, 0.1) is 16.0 Å². The molecular formula is C9H8N6O3S. The van der Waals surface area contributed by atoms with E-state index in [1.165, 1.54) is 29.6 Å². The number of carbonyl (C=O) groups excluding carboxylic acids is 1. The molecule has 0 atom stereocenters. The summed E-state index contributed by atoms with van der Waals surface area (Å²) in [4.78, 5) is 25.6. The number of amides is 1. The van der Waals surface area contributed by atoms with Gasteiger partial charge in [-0.1, -0.05) is 11.3 Å². The number of nitrogens with one attached hydrogen (secondary N) is 1. The van der Waals surface area contributed by atoms with E-state index in [9.17, 15) is 14.9 Å². The fraction of sp³-hybridized carbons (Fsp3) is 0.111. The Labute approximate surface area is 110 Å². The minimum atomic E-state index is -0.481. The summed E-state index contributed by atoms with van der Waals surface area (Å²) in [6.45, 7) is 0.00191. The van der Waals surface area contributed by atoms with Crippen molar-refractivity contribution in [3.8, 4) is 0 Å². The predicted molar refractivity (Wildman–Crippen MR) is 66.7 cm³/mol. The average molecular weight is 280 g/mol. The van der Waals surface area contributed by atoms with Gasteiger partial charge in [-0.2, -0.15) is 10.2 Å². The van der Waals surface area contributed by atoms with E-state index in [2.05, 4.69) is 20.6 Å². The minimum absolute atomic E-state index is 0.00191. The molecule has 0 aliphatic carbocycles. The molecule has 0 bridgehead atoms. The van der Waals surface area contributed by atoms with E-state index in [-0.39, 0.29) is 17.5 Å². The van der Waals surface area contributed by atoms with Crippen LogP contribution >= 0.6 is 11.3 Å². The molecule has 19 heavy (non-hydrogen) atoms. The number of hydrogen-bond acceptors (Lipinski definition) is 7. The monoisotopic (exact) mass is 280 g/mol. The van der Waals surface area contributed by atoms with Gasteiger partial charge in [0.1, 0.15) is 19.2 Å². The van der Waals surface area contributed by atoms with Crippen LogP contribution in [0.2, 0.25) is 0 Å². The second-order valence-corrected chi connectivity index (χ2v) is 4.41. The number of carbonyl (C=O) groups is 1. The number of thiophene rings is 1. The summed E-state index contributed by atoms with van der Waals surface area (Å²) in [6, 6.07) is 2.93. The molecule has 9 nitrogen and oxygen atoms in total. The van der Waals surface area contributed by atoms with Crippen molar-refractivity contribution < 1.29 is 9.72 Å². The zero-order chi connectivity index (χ0) is 13.7. The van der Waals surface area contributed by atoms with Gasteiger partial charge in [-0.25, -0.2) is 15.1 Å². The van der Waals surface area contributed by atoms with Crippen LogP contribution in [0.5, 0.6) is 0 Å². The second kappa shape index (κ2) is 5.82. The van der Waals surface area contributed by atoms with Gasteiger partial charge in [-0.05, 0) is 6.07 Å². The van der Waals surface area contributed by atoms with Crippen LogP contribution in [-0.2, 0) is 11.3 Å². The molecule has 0 saturated heterocycles. The standard InChI is InChI=1S/C9H8N6O3S/c16-8(4-14-6-10-5-12-14)13-11-3-7-1-2-9(19-7)15(17)18/h1-3,5-6H,4H2,(H,13,16)/b11-3+. The van der Waals surface area contributed by atoms with E-state index in [4.69, 9.17) is 0 Å². The Morgan fingerprint density at radius 1 is 1.63 bits per heavy atom. The molecule has 2 rings (SSSR count). The van der Waals surface area contributed by atoms with Crippen molar-refractivity contribution in [2.24, 2.45) is 5.10 Å². The third-order valence-electron chi connectivity index (χ3n) is 1.95. The summed E-state index contributed by atoms with van der Waals surface area (Å²) >= 11 is 0.971. The first-order valence-corrected chi connectivity index (χ1v) is 5.85. The maximum Gasteiger partial charge on any atom is 0.324 e. The van der Waals surface area contributed by atoms with E-state index in [1.54, 1.807) is 6.07 Å². The van der Waals surface area contributed by atoms with Crippen LogP contribution < -0.4 is 5.43 Å². The summed E-state index contributed by atoms with van der Waals surface area (Å²) < 4.78 is 1.35. The Bertz CT molecular complexity index is 605. The first-order valence-electron chi connectivity index (χ1n) is 5.03. The highest BCUT2D eigenvalue weighted by Gasteiger charge is 2.08. The molecule has 0 saturated carbocycles. The summed E-state index contributed by atoms with van der Waals surface area (Å²) in [5, 5.41) is 17.9. The molecule has 2 aromatic rings. The number of nitro groups is 1. The molecule has 0 spiro atoms. The van der Waals surface area contributed by atoms with Gasteiger partial charge in [0.15, 0.2) is 0 Å². The van der Waals surface area contributed by atoms with Crippen molar-refractivity contribution in [1.29, 1.82) is 0 Å². The lowest BCUT2D eigenvalue weighted by Gasteiger charge is -1.98. The summed E-state index contributed by atoms with van der Waals surface area (Å²) in [5.74, 6) is -0.368. The van der Waals surface area contributed by atoms with Crippen LogP contribution in [-0.4, -0.2) is 31.8 Å². The molecule has 98 valence electrons. The number of nitrogens with zero attached hydrogens (tertiary/aromatic N) is 5. The fourth-order valence-electron chi connectivity index (χ4n) is 1.17. The van der Waals surface area contributed by atoms with Gasteiger partial charge in [0.25, 0.3) is 5.91 Å². The number of hydrogen-bond donors (Lipinski definition) is 1. The highest BCUT2D eigenvalue weighted by atomic mass is 32.1. The molecule has 0 aliphatic rings. The van der Waals surface area contributed by atoms with Crippen molar-refractivity contribution in [2.45, 2.75) is 6.54 Å². The van der Waals surface area contributed by atoms with Crippen LogP contribution in [0.3, 0.4) is 0 Å². The maximum atomic E-state index is 11.4. The average Bonchev–Trinajstić information content (AvgIpc) is 3.00. The van der Waals surface area contributed by atoms with Crippen LogP contribution in [0, 0.1) is 10.1 Å². The van der Waals surface area contributed by atoms with Crippen LogP contribution in [0.4, 0.5) is 5.00 Å². The maximum absolute atomic E-state index is 11.4. The van der Waals surface area contributed by atoms with E-state index in [0.717, 1.165) is 11.3 Å². The number of rotatable bonds is 5. The van der Waals surface area contributed by atoms with Gasteiger partial charge in [-0.15, -0.1) is 0 Å². The molecule has 0 radical (unpaired) electrons. The van der Waals surface area contributed by atoms with Crippen molar-refractivity contribution in [3.63, 3.8) is 0 Å². The van der Waals surface area contributed by atoms with E-state index >= 15 is 0 Å². The van der Waals surface area contributed by atoms with E-state index in [0.29, 0.717) is 4.88 Å². The van der Waals surface area contributed by atoms with E-state index < -0.39 is 4.92 Å². The SMILES string of the molecule is O=C(Cn1cncn1)N/N=C/c1ccc([N+](=O)[O-])s1. The lowest BCUT2D eigenvalue weighted by atomic mass is 10.5. The van der Waals surface area contributed by atoms with E-state index in [1.807, 2.05) is 0 Å². The van der Waals surface area contributed by atoms with Gasteiger partial charge < -0.3 is 0 Å².